The van der Waals surface area contributed by atoms with Crippen LogP contribution < -0.4 is 10.3 Å². The lowest BCUT2D eigenvalue weighted by molar-refractivity contribution is 0.0816. The Hall–Kier alpha value is -4.72. The van der Waals surface area contributed by atoms with E-state index in [1.807, 2.05) is 85.0 Å². The summed E-state index contributed by atoms with van der Waals surface area (Å²) in [7, 11) is 0. The topological polar surface area (TPSA) is 78.6 Å². The number of halogens is 2. The molecule has 204 valence electrons. The Labute approximate surface area is 246 Å². The van der Waals surface area contributed by atoms with Crippen LogP contribution in [0.1, 0.15) is 16.8 Å². The van der Waals surface area contributed by atoms with Crippen LogP contribution in [-0.2, 0) is 18.2 Å². The molecule has 2 aromatic heterocycles. The smallest absolute Gasteiger partial charge is 0.264 e. The number of oxime groups is 1. The predicted octanol–water partition coefficient (Wildman–Crippen LogP) is 7.43. The summed E-state index contributed by atoms with van der Waals surface area (Å²) in [5.41, 5.74) is 3.50. The van der Waals surface area contributed by atoms with Crippen molar-refractivity contribution in [1.82, 2.24) is 14.5 Å². The maximum atomic E-state index is 12.8. The van der Waals surface area contributed by atoms with E-state index in [4.69, 9.17) is 32.8 Å². The molecule has 0 aliphatic heterocycles. The summed E-state index contributed by atoms with van der Waals surface area (Å²) in [6.07, 6.45) is 10.4. The summed E-state index contributed by atoms with van der Waals surface area (Å²) in [5.74, 6) is 0.741. The zero-order valence-corrected chi connectivity index (χ0v) is 23.2. The molecule has 7 nitrogen and oxygen atoms in total. The fourth-order valence-corrected chi connectivity index (χ4v) is 4.19. The average molecular weight is 583 g/mol. The Bertz CT molecular complexity index is 1780. The molecule has 9 heteroatoms. The second-order valence-electron chi connectivity index (χ2n) is 8.86. The molecule has 0 spiro atoms. The number of pyridine rings is 1. The van der Waals surface area contributed by atoms with Gasteiger partial charge in [-0.2, -0.15) is 0 Å². The highest BCUT2D eigenvalue weighted by atomic mass is 35.5. The first-order valence-corrected chi connectivity index (χ1v) is 13.4. The van der Waals surface area contributed by atoms with Gasteiger partial charge < -0.3 is 9.57 Å². The van der Waals surface area contributed by atoms with Crippen molar-refractivity contribution in [2.75, 3.05) is 0 Å². The first-order chi connectivity index (χ1) is 20.0. The van der Waals surface area contributed by atoms with Gasteiger partial charge in [-0.25, -0.2) is 4.98 Å². The van der Waals surface area contributed by atoms with Crippen molar-refractivity contribution in [1.29, 1.82) is 0 Å². The zero-order valence-electron chi connectivity index (χ0n) is 21.7. The number of hydrogen-bond donors (Lipinski definition) is 0. The van der Waals surface area contributed by atoms with E-state index in [0.717, 1.165) is 22.6 Å². The van der Waals surface area contributed by atoms with Crippen molar-refractivity contribution >= 4 is 52.0 Å². The van der Waals surface area contributed by atoms with Crippen LogP contribution in [0.5, 0.6) is 5.75 Å². The van der Waals surface area contributed by atoms with Gasteiger partial charge in [-0.3, -0.25) is 14.3 Å². The highest BCUT2D eigenvalue weighted by Crippen LogP contribution is 2.17. The van der Waals surface area contributed by atoms with Crippen LogP contribution >= 0.6 is 23.2 Å². The van der Waals surface area contributed by atoms with E-state index < -0.39 is 0 Å². The van der Waals surface area contributed by atoms with Crippen molar-refractivity contribution in [3.8, 4) is 5.75 Å². The summed E-state index contributed by atoms with van der Waals surface area (Å²) < 4.78 is 7.20. The molecule has 0 amide bonds. The van der Waals surface area contributed by atoms with Gasteiger partial charge in [-0.05, 0) is 84.0 Å². The molecule has 0 saturated heterocycles. The molecule has 0 aliphatic carbocycles. The van der Waals surface area contributed by atoms with Crippen LogP contribution in [0.4, 0.5) is 0 Å². The SMILES string of the molecule is O=c1c2cc(Cl)ccc2ncn1CO/N=C(/C=C/c1ccc(OCc2cccc(Cl)c2)cc1)\C=C\c1ccccn1. The van der Waals surface area contributed by atoms with Crippen LogP contribution in [0.3, 0.4) is 0 Å². The monoisotopic (exact) mass is 582 g/mol. The van der Waals surface area contributed by atoms with Gasteiger partial charge in [0.1, 0.15) is 24.4 Å². The lowest BCUT2D eigenvalue weighted by Gasteiger charge is -2.07. The predicted molar refractivity (Wildman–Crippen MR) is 164 cm³/mol. The normalized spacial score (nSPS) is 11.9. The minimum Gasteiger partial charge on any atom is -0.489 e. The van der Waals surface area contributed by atoms with Crippen LogP contribution in [0.2, 0.25) is 10.0 Å². The van der Waals surface area contributed by atoms with Gasteiger partial charge in [0.05, 0.1) is 16.6 Å². The van der Waals surface area contributed by atoms with Gasteiger partial charge in [-0.15, -0.1) is 0 Å². The van der Waals surface area contributed by atoms with Crippen LogP contribution in [0, 0.1) is 0 Å². The van der Waals surface area contributed by atoms with Crippen LogP contribution in [0.15, 0.2) is 120 Å². The summed E-state index contributed by atoms with van der Waals surface area (Å²) >= 11 is 12.1. The van der Waals surface area contributed by atoms with Gasteiger partial charge in [0, 0.05) is 16.2 Å². The third kappa shape index (κ3) is 7.91. The Morgan fingerprint density at radius 3 is 2.51 bits per heavy atom. The Kier molecular flexibility index (Phi) is 9.21. The second kappa shape index (κ2) is 13.6. The van der Waals surface area contributed by atoms with Crippen LogP contribution in [-0.4, -0.2) is 20.2 Å². The minimum atomic E-state index is -0.272. The van der Waals surface area contributed by atoms with Gasteiger partial charge in [-0.1, -0.05) is 64.8 Å². The van der Waals surface area contributed by atoms with Crippen molar-refractivity contribution in [2.24, 2.45) is 5.16 Å². The number of rotatable bonds is 10. The number of fused-ring (bicyclic) bond motifs is 1. The molecular formula is C32H24Cl2N4O3. The van der Waals surface area contributed by atoms with Crippen molar-refractivity contribution in [3.63, 3.8) is 0 Å². The molecule has 41 heavy (non-hydrogen) atoms. The van der Waals surface area contributed by atoms with E-state index in [-0.39, 0.29) is 12.3 Å². The van der Waals surface area contributed by atoms with Gasteiger partial charge in [0.25, 0.3) is 5.56 Å². The van der Waals surface area contributed by atoms with Gasteiger partial charge in [0.15, 0.2) is 6.73 Å². The van der Waals surface area contributed by atoms with Crippen molar-refractivity contribution in [2.45, 2.75) is 13.3 Å². The summed E-state index contributed by atoms with van der Waals surface area (Å²) in [6.45, 7) is 0.298. The van der Waals surface area contributed by atoms with E-state index in [1.54, 1.807) is 30.5 Å². The van der Waals surface area contributed by atoms with Crippen molar-refractivity contribution < 1.29 is 9.57 Å². The van der Waals surface area contributed by atoms with E-state index in [0.29, 0.717) is 33.3 Å². The molecule has 3 aromatic carbocycles. The highest BCUT2D eigenvalue weighted by Gasteiger charge is 2.05. The lowest BCUT2D eigenvalue weighted by atomic mass is 10.1. The number of nitrogens with zero attached hydrogens (tertiary/aromatic N) is 4. The molecule has 5 aromatic rings. The molecule has 0 unspecified atom stereocenters. The molecule has 0 bridgehead atoms. The summed E-state index contributed by atoms with van der Waals surface area (Å²) in [6, 6.07) is 25.8. The first kappa shape index (κ1) is 27.8. The first-order valence-electron chi connectivity index (χ1n) is 12.6. The van der Waals surface area contributed by atoms with Crippen molar-refractivity contribution in [3.05, 3.63) is 147 Å². The average Bonchev–Trinajstić information content (AvgIpc) is 2.99. The molecule has 0 aliphatic rings. The molecule has 0 radical (unpaired) electrons. The maximum Gasteiger partial charge on any atom is 0.264 e. The van der Waals surface area contributed by atoms with Crippen LogP contribution in [0.25, 0.3) is 23.1 Å². The molecule has 0 N–H and O–H groups in total. The third-order valence-corrected chi connectivity index (χ3v) is 6.36. The number of benzene rings is 3. The Balaban J connectivity index is 1.29. The molecule has 5 rings (SSSR count). The quantitative estimate of drug-likeness (QED) is 0.126. The maximum absolute atomic E-state index is 12.8. The van der Waals surface area contributed by atoms with Gasteiger partial charge in [0.2, 0.25) is 0 Å². The lowest BCUT2D eigenvalue weighted by Crippen LogP contribution is -2.21. The van der Waals surface area contributed by atoms with E-state index in [2.05, 4.69) is 15.1 Å². The molecule has 0 saturated carbocycles. The fraction of sp³-hybridized carbons (Fsp3) is 0.0625. The Morgan fingerprint density at radius 1 is 0.878 bits per heavy atom. The standard InChI is InChI=1S/C32H24Cl2N4O3/c33-25-5-3-4-24(18-25)20-40-29-14-8-23(9-15-29)7-11-28(13-12-27-6-1-2-17-35-27)37-41-22-38-21-36-31-16-10-26(34)19-30(31)32(38)39/h1-19,21H,20,22H2/b11-7+,13-12+,37-28-. The zero-order chi connectivity index (χ0) is 28.4. The number of allylic oxidation sites excluding steroid dienone is 2. The fourth-order valence-electron chi connectivity index (χ4n) is 3.80. The van der Waals surface area contributed by atoms with Gasteiger partial charge >= 0.3 is 0 Å². The third-order valence-electron chi connectivity index (χ3n) is 5.89. The van der Waals surface area contributed by atoms with E-state index in [1.165, 1.54) is 10.9 Å². The number of aromatic nitrogens is 3. The minimum absolute atomic E-state index is 0.123. The largest absolute Gasteiger partial charge is 0.489 e. The molecular weight excluding hydrogens is 559 g/mol. The summed E-state index contributed by atoms with van der Waals surface area (Å²) in [5, 5.41) is 5.78. The van der Waals surface area contributed by atoms with E-state index >= 15 is 0 Å². The molecule has 0 atom stereocenters. The summed E-state index contributed by atoms with van der Waals surface area (Å²) in [4.78, 5) is 27.0. The second-order valence-corrected chi connectivity index (χ2v) is 9.74. The highest BCUT2D eigenvalue weighted by molar-refractivity contribution is 6.31. The Morgan fingerprint density at radius 2 is 1.71 bits per heavy atom. The number of ether oxygens (including phenoxy) is 1. The molecule has 2 heterocycles. The van der Waals surface area contributed by atoms with E-state index in [9.17, 15) is 4.79 Å². The number of hydrogen-bond acceptors (Lipinski definition) is 6. The molecule has 0 fully saturated rings.